The summed E-state index contributed by atoms with van der Waals surface area (Å²) in [5.74, 6) is -0.914. The molecule has 2 aliphatic carbocycles. The number of carbonyl (C=O) groups is 2. The molecule has 1 N–H and O–H groups in total. The summed E-state index contributed by atoms with van der Waals surface area (Å²) in [5, 5.41) is 10.0. The molecule has 3 atom stereocenters. The van der Waals surface area contributed by atoms with Gasteiger partial charge in [0.1, 0.15) is 11.2 Å². The SMILES string of the molecule is C=CCC1C(=O)CC(C2(C(=O)O)C(C=C(C)C)C2(C)C)=C1C. The standard InChI is InChI=1S/C19H26O3/c1-7-8-13-12(4)14(10-15(13)20)19(17(21)22)16(9-11(2)3)18(19,5)6/h7,9,13,16H,1,8,10H2,2-6H3,(H,21,22). The fourth-order valence-corrected chi connectivity index (χ4v) is 4.40. The van der Waals surface area contributed by atoms with Crippen molar-refractivity contribution in [3.8, 4) is 0 Å². The number of carboxylic acids is 1. The maximum absolute atomic E-state index is 12.3. The molecule has 22 heavy (non-hydrogen) atoms. The van der Waals surface area contributed by atoms with E-state index in [0.717, 1.165) is 16.7 Å². The molecule has 0 aromatic rings. The maximum Gasteiger partial charge on any atom is 0.315 e. The summed E-state index contributed by atoms with van der Waals surface area (Å²) in [5.41, 5.74) is 1.61. The van der Waals surface area contributed by atoms with Crippen LogP contribution >= 0.6 is 0 Å². The molecule has 0 amide bonds. The lowest BCUT2D eigenvalue weighted by Gasteiger charge is -2.18. The number of allylic oxidation sites excluding steroid dienone is 4. The van der Waals surface area contributed by atoms with Crippen LogP contribution in [0.3, 0.4) is 0 Å². The van der Waals surface area contributed by atoms with Crippen molar-refractivity contribution in [1.29, 1.82) is 0 Å². The smallest absolute Gasteiger partial charge is 0.315 e. The number of carboxylic acid groups (broad SMARTS) is 1. The molecular weight excluding hydrogens is 276 g/mol. The molecule has 3 nitrogen and oxygen atoms in total. The predicted molar refractivity (Wildman–Crippen MR) is 87.4 cm³/mol. The van der Waals surface area contributed by atoms with Gasteiger partial charge in [-0.3, -0.25) is 9.59 Å². The number of rotatable bonds is 5. The molecule has 0 bridgehead atoms. The van der Waals surface area contributed by atoms with Crippen molar-refractivity contribution in [3.63, 3.8) is 0 Å². The van der Waals surface area contributed by atoms with Gasteiger partial charge >= 0.3 is 5.97 Å². The lowest BCUT2D eigenvalue weighted by Crippen LogP contribution is -2.24. The van der Waals surface area contributed by atoms with Crippen molar-refractivity contribution >= 4 is 11.8 Å². The molecule has 0 saturated heterocycles. The van der Waals surface area contributed by atoms with Crippen molar-refractivity contribution in [3.05, 3.63) is 35.5 Å². The van der Waals surface area contributed by atoms with Gasteiger partial charge in [-0.05, 0) is 38.2 Å². The molecule has 0 aliphatic heterocycles. The Bertz CT molecular complexity index is 602. The number of Topliss-reactive ketones (excluding diaryl/α,β-unsaturated/α-hetero) is 1. The molecule has 3 heteroatoms. The molecular formula is C19H26O3. The van der Waals surface area contributed by atoms with Crippen molar-refractivity contribution < 1.29 is 14.7 Å². The minimum absolute atomic E-state index is 0.0530. The summed E-state index contributed by atoms with van der Waals surface area (Å²) in [7, 11) is 0. The van der Waals surface area contributed by atoms with Crippen molar-refractivity contribution in [1.82, 2.24) is 0 Å². The van der Waals surface area contributed by atoms with Gasteiger partial charge in [-0.1, -0.05) is 37.1 Å². The number of ketones is 1. The van der Waals surface area contributed by atoms with E-state index < -0.39 is 11.4 Å². The van der Waals surface area contributed by atoms with Gasteiger partial charge in [0.2, 0.25) is 0 Å². The zero-order valence-corrected chi connectivity index (χ0v) is 14.2. The van der Waals surface area contributed by atoms with Crippen LogP contribution in [-0.4, -0.2) is 16.9 Å². The minimum Gasteiger partial charge on any atom is -0.481 e. The molecule has 0 spiro atoms. The quantitative estimate of drug-likeness (QED) is 0.776. The fraction of sp³-hybridized carbons (Fsp3) is 0.579. The third-order valence-electron chi connectivity index (χ3n) is 5.63. The largest absolute Gasteiger partial charge is 0.481 e. The zero-order chi connectivity index (χ0) is 16.9. The number of hydrogen-bond donors (Lipinski definition) is 1. The molecule has 2 aliphatic rings. The minimum atomic E-state index is -0.931. The Labute approximate surface area is 132 Å². The van der Waals surface area contributed by atoms with Crippen molar-refractivity contribution in [2.24, 2.45) is 22.7 Å². The molecule has 0 aromatic heterocycles. The van der Waals surface area contributed by atoms with Crippen molar-refractivity contribution in [2.45, 2.75) is 47.5 Å². The van der Waals surface area contributed by atoms with E-state index >= 15 is 0 Å². The first-order valence-electron chi connectivity index (χ1n) is 7.84. The number of aliphatic carboxylic acids is 1. The first kappa shape index (κ1) is 16.7. The van der Waals surface area contributed by atoms with Crippen LogP contribution in [0.15, 0.2) is 35.5 Å². The van der Waals surface area contributed by atoms with E-state index in [1.54, 1.807) is 6.08 Å². The van der Waals surface area contributed by atoms with Crippen LogP contribution in [-0.2, 0) is 9.59 Å². The van der Waals surface area contributed by atoms with E-state index in [1.807, 2.05) is 34.6 Å². The summed E-state index contributed by atoms with van der Waals surface area (Å²) in [6.45, 7) is 13.6. The van der Waals surface area contributed by atoms with Gasteiger partial charge in [-0.25, -0.2) is 0 Å². The lowest BCUT2D eigenvalue weighted by molar-refractivity contribution is -0.143. The van der Waals surface area contributed by atoms with Crippen LogP contribution < -0.4 is 0 Å². The first-order chi connectivity index (χ1) is 10.1. The Kier molecular flexibility index (Phi) is 3.97. The molecule has 3 unspecified atom stereocenters. The maximum atomic E-state index is 12.3. The van der Waals surface area contributed by atoms with Gasteiger partial charge < -0.3 is 5.11 Å². The second-order valence-corrected chi connectivity index (χ2v) is 7.44. The summed E-state index contributed by atoms with van der Waals surface area (Å²) in [6.07, 6.45) is 4.67. The second-order valence-electron chi connectivity index (χ2n) is 7.44. The Morgan fingerprint density at radius 2 is 2.00 bits per heavy atom. The molecule has 1 saturated carbocycles. The Balaban J connectivity index is 2.56. The normalized spacial score (nSPS) is 32.9. The summed E-state index contributed by atoms with van der Waals surface area (Å²) in [6, 6.07) is 0. The second kappa shape index (κ2) is 5.22. The first-order valence-corrected chi connectivity index (χ1v) is 7.84. The highest BCUT2D eigenvalue weighted by Crippen LogP contribution is 2.75. The molecule has 1 fully saturated rings. The monoisotopic (exact) mass is 302 g/mol. The van der Waals surface area contributed by atoms with Crippen LogP contribution in [0.4, 0.5) is 0 Å². The molecule has 0 heterocycles. The lowest BCUT2D eigenvalue weighted by atomic mass is 9.84. The van der Waals surface area contributed by atoms with Gasteiger partial charge in [0.15, 0.2) is 0 Å². The van der Waals surface area contributed by atoms with Crippen LogP contribution in [0.25, 0.3) is 0 Å². The van der Waals surface area contributed by atoms with Crippen LogP contribution in [0, 0.1) is 22.7 Å². The third kappa shape index (κ3) is 2.02. The Hall–Kier alpha value is -1.64. The van der Waals surface area contributed by atoms with Crippen LogP contribution in [0.1, 0.15) is 47.5 Å². The zero-order valence-electron chi connectivity index (χ0n) is 14.2. The summed E-state index contributed by atoms with van der Waals surface area (Å²) >= 11 is 0. The predicted octanol–water partition coefficient (Wildman–Crippen LogP) is 4.16. The van der Waals surface area contributed by atoms with Gasteiger partial charge in [0.05, 0.1) is 0 Å². The molecule has 120 valence electrons. The third-order valence-corrected chi connectivity index (χ3v) is 5.63. The summed E-state index contributed by atoms with van der Waals surface area (Å²) in [4.78, 5) is 24.5. The van der Waals surface area contributed by atoms with E-state index in [4.69, 9.17) is 0 Å². The van der Waals surface area contributed by atoms with Gasteiger partial charge in [-0.2, -0.15) is 0 Å². The van der Waals surface area contributed by atoms with Gasteiger partial charge in [0.25, 0.3) is 0 Å². The van der Waals surface area contributed by atoms with E-state index in [0.29, 0.717) is 6.42 Å². The van der Waals surface area contributed by atoms with Crippen LogP contribution in [0.2, 0.25) is 0 Å². The molecule has 2 rings (SSSR count). The van der Waals surface area contributed by atoms with Crippen molar-refractivity contribution in [2.75, 3.05) is 0 Å². The van der Waals surface area contributed by atoms with Gasteiger partial charge in [-0.15, -0.1) is 6.58 Å². The van der Waals surface area contributed by atoms with Crippen LogP contribution in [0.5, 0.6) is 0 Å². The Morgan fingerprint density at radius 1 is 1.41 bits per heavy atom. The van der Waals surface area contributed by atoms with E-state index in [-0.39, 0.29) is 29.5 Å². The number of carbonyl (C=O) groups excluding carboxylic acids is 1. The average Bonchev–Trinajstić information content (AvgIpc) is 2.73. The van der Waals surface area contributed by atoms with E-state index in [1.165, 1.54) is 0 Å². The highest BCUT2D eigenvalue weighted by molar-refractivity contribution is 5.95. The van der Waals surface area contributed by atoms with E-state index in [2.05, 4.69) is 12.7 Å². The number of hydrogen-bond acceptors (Lipinski definition) is 2. The Morgan fingerprint density at radius 3 is 2.45 bits per heavy atom. The highest BCUT2D eigenvalue weighted by Gasteiger charge is 2.77. The molecule has 0 aromatic carbocycles. The topological polar surface area (TPSA) is 54.4 Å². The summed E-state index contributed by atoms with van der Waals surface area (Å²) < 4.78 is 0. The molecule has 0 radical (unpaired) electrons. The highest BCUT2D eigenvalue weighted by atomic mass is 16.4. The van der Waals surface area contributed by atoms with E-state index in [9.17, 15) is 14.7 Å². The van der Waals surface area contributed by atoms with Gasteiger partial charge in [0, 0.05) is 18.3 Å². The average molecular weight is 302 g/mol. The fourth-order valence-electron chi connectivity index (χ4n) is 4.40.